The van der Waals surface area contributed by atoms with Crippen LogP contribution in [0.4, 0.5) is 17.1 Å². The minimum absolute atomic E-state index is 0.0181. The van der Waals surface area contributed by atoms with Gasteiger partial charge in [0.25, 0.3) is 0 Å². The maximum atomic E-state index is 12.7. The number of anilines is 3. The number of nitrogens with one attached hydrogen (secondary N) is 1. The number of halogens is 1. The van der Waals surface area contributed by atoms with Crippen LogP contribution in [0.5, 0.6) is 0 Å². The Morgan fingerprint density at radius 3 is 2.00 bits per heavy atom. The van der Waals surface area contributed by atoms with Crippen molar-refractivity contribution in [1.82, 2.24) is 0 Å². The van der Waals surface area contributed by atoms with Crippen LogP contribution in [0.15, 0.2) is 47.5 Å². The minimum Gasteiger partial charge on any atom is -0.398 e. The first-order valence-corrected chi connectivity index (χ1v) is 7.44. The van der Waals surface area contributed by atoms with Crippen LogP contribution in [0, 0.1) is 22.7 Å². The number of allylic oxidation sites excluding steroid dienone is 2. The zero-order valence-electron chi connectivity index (χ0n) is 12.6. The van der Waals surface area contributed by atoms with Gasteiger partial charge in [-0.05, 0) is 36.4 Å². The summed E-state index contributed by atoms with van der Waals surface area (Å²) in [6.45, 7) is 0. The average molecular weight is 349 g/mol. The van der Waals surface area contributed by atoms with Gasteiger partial charge in [-0.2, -0.15) is 10.5 Å². The highest BCUT2D eigenvalue weighted by atomic mass is 35.5. The monoisotopic (exact) mass is 348 g/mol. The first-order chi connectivity index (χ1) is 12.0. The summed E-state index contributed by atoms with van der Waals surface area (Å²) in [4.78, 5) is 25.2. The first-order valence-electron chi connectivity index (χ1n) is 7.07. The lowest BCUT2D eigenvalue weighted by Crippen LogP contribution is -2.23. The van der Waals surface area contributed by atoms with Crippen molar-refractivity contribution in [2.75, 3.05) is 11.1 Å². The van der Waals surface area contributed by atoms with Crippen molar-refractivity contribution in [3.63, 3.8) is 0 Å². The molecule has 0 fully saturated rings. The summed E-state index contributed by atoms with van der Waals surface area (Å²) in [6, 6.07) is 13.0. The highest BCUT2D eigenvalue weighted by Crippen LogP contribution is 2.36. The van der Waals surface area contributed by atoms with Gasteiger partial charge in [0.15, 0.2) is 0 Å². The zero-order valence-corrected chi connectivity index (χ0v) is 13.4. The van der Waals surface area contributed by atoms with Gasteiger partial charge in [-0.3, -0.25) is 9.59 Å². The van der Waals surface area contributed by atoms with Crippen molar-refractivity contribution < 1.29 is 9.59 Å². The highest BCUT2D eigenvalue weighted by Gasteiger charge is 2.36. The van der Waals surface area contributed by atoms with Crippen LogP contribution in [0.2, 0.25) is 5.02 Å². The number of rotatable bonds is 2. The molecule has 120 valence electrons. The smallest absolute Gasteiger partial charge is 0.207 e. The van der Waals surface area contributed by atoms with Crippen LogP contribution in [0.1, 0.15) is 20.7 Å². The molecule has 7 heteroatoms. The minimum atomic E-state index is -0.731. The molecule has 0 aliphatic heterocycles. The van der Waals surface area contributed by atoms with Crippen LogP contribution >= 0.6 is 11.6 Å². The molecule has 0 amide bonds. The molecule has 0 saturated heterocycles. The van der Waals surface area contributed by atoms with Crippen molar-refractivity contribution in [3.8, 4) is 12.1 Å². The third-order valence-electron chi connectivity index (χ3n) is 3.74. The van der Waals surface area contributed by atoms with Crippen LogP contribution in [-0.4, -0.2) is 11.6 Å². The molecule has 0 spiro atoms. The van der Waals surface area contributed by atoms with E-state index in [1.807, 2.05) is 0 Å². The number of ketones is 2. The lowest BCUT2D eigenvalue weighted by molar-refractivity contribution is 0.0983. The third kappa shape index (κ3) is 2.61. The Hall–Kier alpha value is -3.61. The molecule has 2 aromatic rings. The topological polar surface area (TPSA) is 120 Å². The second-order valence-corrected chi connectivity index (χ2v) is 5.65. The van der Waals surface area contributed by atoms with Gasteiger partial charge in [0, 0.05) is 16.4 Å². The Morgan fingerprint density at radius 2 is 1.44 bits per heavy atom. The number of Topliss-reactive ketones (excluding diaryl/α,β-unsaturated/α-hetero) is 2. The molecule has 3 rings (SSSR count). The second kappa shape index (κ2) is 6.12. The van der Waals surface area contributed by atoms with Crippen molar-refractivity contribution in [2.24, 2.45) is 0 Å². The van der Waals surface area contributed by atoms with E-state index in [0.29, 0.717) is 16.4 Å². The summed E-state index contributed by atoms with van der Waals surface area (Å²) in [5, 5.41) is 21.9. The molecule has 1 aliphatic carbocycles. The van der Waals surface area contributed by atoms with Gasteiger partial charge in [-0.15, -0.1) is 0 Å². The maximum absolute atomic E-state index is 12.7. The number of nitriles is 2. The lowest BCUT2D eigenvalue weighted by Gasteiger charge is -2.20. The molecule has 6 nitrogen and oxygen atoms in total. The Bertz CT molecular complexity index is 1040. The summed E-state index contributed by atoms with van der Waals surface area (Å²) < 4.78 is 0. The molecule has 25 heavy (non-hydrogen) atoms. The maximum Gasteiger partial charge on any atom is 0.207 e. The van der Waals surface area contributed by atoms with Gasteiger partial charge in [0.05, 0.1) is 16.8 Å². The molecule has 0 radical (unpaired) electrons. The van der Waals surface area contributed by atoms with E-state index >= 15 is 0 Å². The van der Waals surface area contributed by atoms with Crippen molar-refractivity contribution in [1.29, 1.82) is 10.5 Å². The van der Waals surface area contributed by atoms with E-state index in [1.54, 1.807) is 42.5 Å². The summed E-state index contributed by atoms with van der Waals surface area (Å²) >= 11 is 5.85. The largest absolute Gasteiger partial charge is 0.398 e. The normalized spacial score (nSPS) is 13.1. The fourth-order valence-corrected chi connectivity index (χ4v) is 2.71. The van der Waals surface area contributed by atoms with Crippen LogP contribution in [0.3, 0.4) is 0 Å². The van der Waals surface area contributed by atoms with E-state index in [2.05, 4.69) is 5.32 Å². The quantitative estimate of drug-likeness (QED) is 0.802. The van der Waals surface area contributed by atoms with Crippen molar-refractivity contribution in [3.05, 3.63) is 63.7 Å². The summed E-state index contributed by atoms with van der Waals surface area (Å²) in [6.07, 6.45) is 0. The van der Waals surface area contributed by atoms with E-state index in [0.717, 1.165) is 0 Å². The Kier molecular flexibility index (Phi) is 3.98. The van der Waals surface area contributed by atoms with E-state index in [4.69, 9.17) is 22.6 Å². The Labute approximate surface area is 147 Å². The molecule has 2 aromatic carbocycles. The predicted molar refractivity (Wildman–Crippen MR) is 92.5 cm³/mol. The van der Waals surface area contributed by atoms with Gasteiger partial charge in [0.1, 0.15) is 23.3 Å². The lowest BCUT2D eigenvalue weighted by atomic mass is 9.83. The Morgan fingerprint density at radius 1 is 0.880 bits per heavy atom. The number of nitrogens with two attached hydrogens (primary N) is 1. The third-order valence-corrected chi connectivity index (χ3v) is 3.99. The van der Waals surface area contributed by atoms with Crippen LogP contribution in [-0.2, 0) is 0 Å². The van der Waals surface area contributed by atoms with E-state index in [9.17, 15) is 14.9 Å². The second-order valence-electron chi connectivity index (χ2n) is 5.22. The number of carbonyl (C=O) groups excluding carboxylic acids is 2. The number of hydrogen-bond donors (Lipinski definition) is 2. The van der Waals surface area contributed by atoms with Gasteiger partial charge in [0.2, 0.25) is 11.6 Å². The fourth-order valence-electron chi connectivity index (χ4n) is 2.58. The van der Waals surface area contributed by atoms with Crippen molar-refractivity contribution >= 4 is 40.2 Å². The number of benzene rings is 2. The molecule has 0 unspecified atom stereocenters. The highest BCUT2D eigenvalue weighted by molar-refractivity contribution is 6.33. The molecular weight excluding hydrogens is 340 g/mol. The van der Waals surface area contributed by atoms with Gasteiger partial charge >= 0.3 is 0 Å². The summed E-state index contributed by atoms with van der Waals surface area (Å²) in [7, 11) is 0. The molecule has 0 saturated carbocycles. The molecule has 0 aromatic heterocycles. The molecular formula is C18H9ClN4O2. The standard InChI is InChI=1S/C18H9ClN4O2/c19-9-1-3-10(4-2-9)23-14-6-5-13(22)15-16(14)18(25)12(8-21)11(7-20)17(15)24/h1-6,23H,22H2. The molecule has 1 aliphatic rings. The molecule has 0 atom stereocenters. The summed E-state index contributed by atoms with van der Waals surface area (Å²) in [5.41, 5.74) is 5.80. The van der Waals surface area contributed by atoms with E-state index < -0.39 is 22.7 Å². The number of hydrogen-bond acceptors (Lipinski definition) is 6. The van der Waals surface area contributed by atoms with Gasteiger partial charge in [-0.25, -0.2) is 0 Å². The number of nitrogen functional groups attached to an aromatic ring is 1. The summed E-state index contributed by atoms with van der Waals surface area (Å²) in [5.74, 6) is -1.44. The SMILES string of the molecule is N#CC1=C(C#N)C(=O)c2c(Nc3ccc(Cl)cc3)ccc(N)c2C1=O. The average Bonchev–Trinajstić information content (AvgIpc) is 2.61. The molecule has 0 bridgehead atoms. The number of fused-ring (bicyclic) bond motifs is 1. The fraction of sp³-hybridized carbons (Fsp3) is 0. The molecule has 0 heterocycles. The van der Waals surface area contributed by atoms with Gasteiger partial charge < -0.3 is 11.1 Å². The number of carbonyl (C=O) groups is 2. The van der Waals surface area contributed by atoms with Gasteiger partial charge in [-0.1, -0.05) is 11.6 Å². The van der Waals surface area contributed by atoms with Crippen LogP contribution in [0.25, 0.3) is 0 Å². The number of nitrogens with zero attached hydrogens (tertiary/aromatic N) is 2. The van der Waals surface area contributed by atoms with E-state index in [-0.39, 0.29) is 16.8 Å². The van der Waals surface area contributed by atoms with Crippen LogP contribution < -0.4 is 11.1 Å². The zero-order chi connectivity index (χ0) is 18.1. The van der Waals surface area contributed by atoms with E-state index in [1.165, 1.54) is 6.07 Å². The molecule has 3 N–H and O–H groups in total. The predicted octanol–water partition coefficient (Wildman–Crippen LogP) is 3.39. The first kappa shape index (κ1) is 16.3. The van der Waals surface area contributed by atoms with Crippen molar-refractivity contribution in [2.45, 2.75) is 0 Å². The Balaban J connectivity index is 2.20.